The van der Waals surface area contributed by atoms with Crippen molar-refractivity contribution in [2.75, 3.05) is 20.3 Å². The van der Waals surface area contributed by atoms with Gasteiger partial charge in [0.05, 0.1) is 13.7 Å². The Morgan fingerprint density at radius 3 is 2.60 bits per heavy atom. The molecule has 0 saturated heterocycles. The van der Waals surface area contributed by atoms with Crippen molar-refractivity contribution >= 4 is 0 Å². The molecule has 3 nitrogen and oxygen atoms in total. The van der Waals surface area contributed by atoms with E-state index in [0.29, 0.717) is 6.61 Å². The van der Waals surface area contributed by atoms with Crippen LogP contribution in [0, 0.1) is 0 Å². The van der Waals surface area contributed by atoms with Gasteiger partial charge in [-0.05, 0) is 31.2 Å². The second kappa shape index (κ2) is 6.30. The van der Waals surface area contributed by atoms with Crippen LogP contribution in [0.4, 0.5) is 0 Å². The van der Waals surface area contributed by atoms with Gasteiger partial charge in [-0.2, -0.15) is 0 Å². The van der Waals surface area contributed by atoms with Crippen LogP contribution < -0.4 is 14.8 Å². The standard InChI is InChI=1S/C12H19NO2/c1-4-13-9-10-6-7-11(14-3)12(8-10)15-5-2/h6-8,13H,4-5,9H2,1-3H3. The van der Waals surface area contributed by atoms with Gasteiger partial charge in [-0.25, -0.2) is 0 Å². The lowest BCUT2D eigenvalue weighted by Gasteiger charge is -2.11. The maximum Gasteiger partial charge on any atom is 0.161 e. The molecular formula is C12H19NO2. The fourth-order valence-corrected chi connectivity index (χ4v) is 1.37. The summed E-state index contributed by atoms with van der Waals surface area (Å²) in [5.41, 5.74) is 1.21. The molecule has 0 aliphatic heterocycles. The lowest BCUT2D eigenvalue weighted by atomic mass is 10.2. The first-order chi connectivity index (χ1) is 7.31. The Morgan fingerprint density at radius 1 is 1.20 bits per heavy atom. The Hall–Kier alpha value is -1.22. The molecule has 1 rings (SSSR count). The van der Waals surface area contributed by atoms with Crippen molar-refractivity contribution in [3.05, 3.63) is 23.8 Å². The van der Waals surface area contributed by atoms with Crippen molar-refractivity contribution in [2.24, 2.45) is 0 Å². The number of hydrogen-bond donors (Lipinski definition) is 1. The first-order valence-corrected chi connectivity index (χ1v) is 5.32. The molecular weight excluding hydrogens is 190 g/mol. The number of benzene rings is 1. The monoisotopic (exact) mass is 209 g/mol. The van der Waals surface area contributed by atoms with Gasteiger partial charge in [0.1, 0.15) is 0 Å². The first-order valence-electron chi connectivity index (χ1n) is 5.32. The third-order valence-corrected chi connectivity index (χ3v) is 2.11. The molecule has 0 fully saturated rings. The molecule has 15 heavy (non-hydrogen) atoms. The fourth-order valence-electron chi connectivity index (χ4n) is 1.37. The number of nitrogens with one attached hydrogen (secondary N) is 1. The summed E-state index contributed by atoms with van der Waals surface area (Å²) in [6, 6.07) is 6.01. The highest BCUT2D eigenvalue weighted by Gasteiger charge is 2.04. The summed E-state index contributed by atoms with van der Waals surface area (Å²) < 4.78 is 10.7. The lowest BCUT2D eigenvalue weighted by Crippen LogP contribution is -2.11. The SMILES string of the molecule is CCNCc1ccc(OC)c(OCC)c1. The largest absolute Gasteiger partial charge is 0.493 e. The highest BCUT2D eigenvalue weighted by Crippen LogP contribution is 2.27. The maximum atomic E-state index is 5.50. The van der Waals surface area contributed by atoms with Crippen LogP contribution in [0.3, 0.4) is 0 Å². The molecule has 1 N–H and O–H groups in total. The summed E-state index contributed by atoms with van der Waals surface area (Å²) in [5, 5.41) is 3.27. The van der Waals surface area contributed by atoms with Crippen LogP contribution in [-0.2, 0) is 6.54 Å². The molecule has 1 aromatic rings. The minimum Gasteiger partial charge on any atom is -0.493 e. The minimum absolute atomic E-state index is 0.654. The summed E-state index contributed by atoms with van der Waals surface area (Å²) in [5.74, 6) is 1.60. The Bertz CT molecular complexity index is 300. The predicted molar refractivity (Wildman–Crippen MR) is 61.5 cm³/mol. The van der Waals surface area contributed by atoms with Crippen LogP contribution in [0.25, 0.3) is 0 Å². The molecule has 0 atom stereocenters. The first kappa shape index (κ1) is 11.9. The van der Waals surface area contributed by atoms with Crippen molar-refractivity contribution < 1.29 is 9.47 Å². The van der Waals surface area contributed by atoms with Crippen LogP contribution in [0.15, 0.2) is 18.2 Å². The molecule has 0 aromatic heterocycles. The topological polar surface area (TPSA) is 30.5 Å². The molecule has 0 amide bonds. The van der Waals surface area contributed by atoms with Gasteiger partial charge < -0.3 is 14.8 Å². The van der Waals surface area contributed by atoms with E-state index in [0.717, 1.165) is 24.6 Å². The van der Waals surface area contributed by atoms with Gasteiger partial charge >= 0.3 is 0 Å². The van der Waals surface area contributed by atoms with Crippen molar-refractivity contribution in [1.82, 2.24) is 5.32 Å². The van der Waals surface area contributed by atoms with E-state index in [4.69, 9.17) is 9.47 Å². The quantitative estimate of drug-likeness (QED) is 0.779. The van der Waals surface area contributed by atoms with Gasteiger partial charge in [0.2, 0.25) is 0 Å². The Morgan fingerprint density at radius 2 is 2.00 bits per heavy atom. The van der Waals surface area contributed by atoms with Gasteiger partial charge in [0.15, 0.2) is 11.5 Å². The summed E-state index contributed by atoms with van der Waals surface area (Å²) in [4.78, 5) is 0. The number of rotatable bonds is 6. The smallest absolute Gasteiger partial charge is 0.161 e. The fraction of sp³-hybridized carbons (Fsp3) is 0.500. The molecule has 1 aromatic carbocycles. The van der Waals surface area contributed by atoms with Crippen LogP contribution >= 0.6 is 0 Å². The number of hydrogen-bond acceptors (Lipinski definition) is 3. The third-order valence-electron chi connectivity index (χ3n) is 2.11. The molecule has 3 heteroatoms. The van der Waals surface area contributed by atoms with Gasteiger partial charge in [-0.1, -0.05) is 13.0 Å². The van der Waals surface area contributed by atoms with Crippen molar-refractivity contribution in [3.8, 4) is 11.5 Å². The van der Waals surface area contributed by atoms with Crippen molar-refractivity contribution in [1.29, 1.82) is 0 Å². The van der Waals surface area contributed by atoms with Crippen LogP contribution in [0.2, 0.25) is 0 Å². The van der Waals surface area contributed by atoms with E-state index in [1.54, 1.807) is 7.11 Å². The lowest BCUT2D eigenvalue weighted by molar-refractivity contribution is 0.310. The van der Waals surface area contributed by atoms with Crippen LogP contribution in [0.5, 0.6) is 11.5 Å². The maximum absolute atomic E-state index is 5.50. The van der Waals surface area contributed by atoms with E-state index in [1.165, 1.54) is 5.56 Å². The zero-order valence-electron chi connectivity index (χ0n) is 9.67. The molecule has 0 bridgehead atoms. The van der Waals surface area contributed by atoms with Gasteiger partial charge in [0, 0.05) is 6.54 Å². The zero-order valence-corrected chi connectivity index (χ0v) is 9.67. The van der Waals surface area contributed by atoms with E-state index in [1.807, 2.05) is 25.1 Å². The Kier molecular flexibility index (Phi) is 4.98. The van der Waals surface area contributed by atoms with E-state index >= 15 is 0 Å². The van der Waals surface area contributed by atoms with Crippen molar-refractivity contribution in [2.45, 2.75) is 20.4 Å². The summed E-state index contributed by atoms with van der Waals surface area (Å²) in [6.07, 6.45) is 0. The van der Waals surface area contributed by atoms with Crippen LogP contribution in [-0.4, -0.2) is 20.3 Å². The van der Waals surface area contributed by atoms with E-state index in [2.05, 4.69) is 12.2 Å². The average molecular weight is 209 g/mol. The minimum atomic E-state index is 0.654. The molecule has 84 valence electrons. The molecule has 0 radical (unpaired) electrons. The van der Waals surface area contributed by atoms with E-state index < -0.39 is 0 Å². The normalized spacial score (nSPS) is 10.1. The van der Waals surface area contributed by atoms with Crippen LogP contribution in [0.1, 0.15) is 19.4 Å². The number of methoxy groups -OCH3 is 1. The predicted octanol–water partition coefficient (Wildman–Crippen LogP) is 2.20. The second-order valence-corrected chi connectivity index (χ2v) is 3.20. The second-order valence-electron chi connectivity index (χ2n) is 3.20. The molecule has 0 unspecified atom stereocenters. The summed E-state index contributed by atoms with van der Waals surface area (Å²) in [7, 11) is 1.65. The summed E-state index contributed by atoms with van der Waals surface area (Å²) in [6.45, 7) is 6.54. The van der Waals surface area contributed by atoms with E-state index in [-0.39, 0.29) is 0 Å². The van der Waals surface area contributed by atoms with Gasteiger partial charge in [-0.15, -0.1) is 0 Å². The Balaban J connectivity index is 2.79. The highest BCUT2D eigenvalue weighted by atomic mass is 16.5. The molecule has 0 saturated carbocycles. The summed E-state index contributed by atoms with van der Waals surface area (Å²) >= 11 is 0. The molecule has 0 aliphatic rings. The molecule has 0 aliphatic carbocycles. The molecule has 0 heterocycles. The van der Waals surface area contributed by atoms with Crippen molar-refractivity contribution in [3.63, 3.8) is 0 Å². The van der Waals surface area contributed by atoms with Gasteiger partial charge in [0.25, 0.3) is 0 Å². The molecule has 0 spiro atoms. The average Bonchev–Trinajstić information content (AvgIpc) is 2.27. The number of ether oxygens (including phenoxy) is 2. The Labute approximate surface area is 91.4 Å². The zero-order chi connectivity index (χ0) is 11.1. The third kappa shape index (κ3) is 3.44. The highest BCUT2D eigenvalue weighted by molar-refractivity contribution is 5.42. The van der Waals surface area contributed by atoms with E-state index in [9.17, 15) is 0 Å². The van der Waals surface area contributed by atoms with Gasteiger partial charge in [-0.3, -0.25) is 0 Å².